The monoisotopic (exact) mass is 200 g/mol. The molecule has 1 unspecified atom stereocenters. The molecule has 0 aromatic heterocycles. The zero-order valence-electron chi connectivity index (χ0n) is 9.03. The Bertz CT molecular complexity index is 194. The van der Waals surface area contributed by atoms with Gasteiger partial charge in [0.1, 0.15) is 6.10 Å². The molecule has 1 fully saturated rings. The molecule has 0 amide bonds. The number of nitrogens with zero attached hydrogens (tertiary/aromatic N) is 1. The number of likely N-dealkylation sites (N-methyl/N-ethyl adjacent to an activating group) is 1. The van der Waals surface area contributed by atoms with Crippen LogP contribution in [0.4, 0.5) is 4.79 Å². The number of hydrogen-bond acceptors (Lipinski definition) is 4. The van der Waals surface area contributed by atoms with Crippen LogP contribution in [0.25, 0.3) is 0 Å². The first kappa shape index (κ1) is 11.3. The molecule has 1 atom stereocenters. The van der Waals surface area contributed by atoms with Crippen molar-refractivity contribution in [1.29, 1.82) is 0 Å². The van der Waals surface area contributed by atoms with Crippen molar-refractivity contribution in [1.82, 2.24) is 4.90 Å². The topological polar surface area (TPSA) is 38.8 Å². The molecule has 0 N–H and O–H groups in total. The molecule has 0 aromatic carbocycles. The summed E-state index contributed by atoms with van der Waals surface area (Å²) in [6.45, 7) is 9.49. The fraction of sp³-hybridized carbons (Fsp3) is 0.800. The minimum absolute atomic E-state index is 0.0406. The number of rotatable bonds is 3. The molecular weight excluding hydrogens is 182 g/mol. The third-order valence-electron chi connectivity index (χ3n) is 2.07. The van der Waals surface area contributed by atoms with Crippen molar-refractivity contribution in [3.05, 3.63) is 6.54 Å². The number of hydrogen-bond donors (Lipinski definition) is 0. The number of ether oxygens (including phenoxy) is 2. The van der Waals surface area contributed by atoms with Crippen LogP contribution in [0.2, 0.25) is 0 Å². The largest absolute Gasteiger partial charge is 0.508 e. The fourth-order valence-electron chi connectivity index (χ4n) is 1.38. The zero-order valence-corrected chi connectivity index (χ0v) is 9.03. The molecule has 0 bridgehead atoms. The Hall–Kier alpha value is -0.770. The Kier molecular flexibility index (Phi) is 4.20. The van der Waals surface area contributed by atoms with Gasteiger partial charge in [-0.3, -0.25) is 4.90 Å². The van der Waals surface area contributed by atoms with Crippen molar-refractivity contribution < 1.29 is 14.3 Å². The van der Waals surface area contributed by atoms with E-state index in [1.807, 2.05) is 0 Å². The van der Waals surface area contributed by atoms with Crippen molar-refractivity contribution in [2.24, 2.45) is 0 Å². The number of likely N-dealkylation sites (tertiary alicyclic amines) is 1. The predicted molar refractivity (Wildman–Crippen MR) is 52.7 cm³/mol. The van der Waals surface area contributed by atoms with Gasteiger partial charge in [-0.2, -0.15) is 0 Å². The van der Waals surface area contributed by atoms with Gasteiger partial charge in [0.05, 0.1) is 6.10 Å². The summed E-state index contributed by atoms with van der Waals surface area (Å²) in [6.07, 6.45) is 0.0776. The van der Waals surface area contributed by atoms with Gasteiger partial charge >= 0.3 is 6.16 Å². The lowest BCUT2D eigenvalue weighted by molar-refractivity contribution is 0.00998. The molecule has 4 heteroatoms. The third kappa shape index (κ3) is 3.54. The Labute approximate surface area is 85.2 Å². The van der Waals surface area contributed by atoms with Gasteiger partial charge in [0.25, 0.3) is 0 Å². The highest BCUT2D eigenvalue weighted by molar-refractivity contribution is 5.60. The Morgan fingerprint density at radius 2 is 2.36 bits per heavy atom. The summed E-state index contributed by atoms with van der Waals surface area (Å²) >= 11 is 0. The average Bonchev–Trinajstić information content (AvgIpc) is 2.50. The molecule has 1 heterocycles. The summed E-state index contributed by atoms with van der Waals surface area (Å²) in [5.74, 6) is 0. The molecule has 0 spiro atoms. The van der Waals surface area contributed by atoms with E-state index >= 15 is 0 Å². The Balaban J connectivity index is 2.22. The van der Waals surface area contributed by atoms with E-state index in [-0.39, 0.29) is 12.2 Å². The van der Waals surface area contributed by atoms with Gasteiger partial charge < -0.3 is 9.47 Å². The summed E-state index contributed by atoms with van der Waals surface area (Å²) in [4.78, 5) is 13.3. The SMILES string of the molecule is CCN1[CH]CC(OC(=O)OC(C)C)C1. The van der Waals surface area contributed by atoms with Crippen LogP contribution < -0.4 is 0 Å². The van der Waals surface area contributed by atoms with Crippen molar-refractivity contribution >= 4 is 6.16 Å². The van der Waals surface area contributed by atoms with Gasteiger partial charge in [-0.05, 0) is 20.4 Å². The minimum Gasteiger partial charge on any atom is -0.432 e. The summed E-state index contributed by atoms with van der Waals surface area (Å²) in [6, 6.07) is 0. The van der Waals surface area contributed by atoms with Crippen molar-refractivity contribution in [2.45, 2.75) is 39.4 Å². The van der Waals surface area contributed by atoms with Crippen LogP contribution >= 0.6 is 0 Å². The van der Waals surface area contributed by atoms with Crippen LogP contribution in [0, 0.1) is 6.54 Å². The predicted octanol–water partition coefficient (Wildman–Crippen LogP) is 1.80. The van der Waals surface area contributed by atoms with E-state index in [9.17, 15) is 4.79 Å². The molecule has 1 saturated heterocycles. The highest BCUT2D eigenvalue weighted by Crippen LogP contribution is 2.16. The second kappa shape index (κ2) is 5.20. The molecule has 1 aliphatic rings. The molecule has 81 valence electrons. The third-order valence-corrected chi connectivity index (χ3v) is 2.07. The summed E-state index contributed by atoms with van der Waals surface area (Å²) in [5.41, 5.74) is 0. The number of carbonyl (C=O) groups is 1. The molecule has 0 aromatic rings. The lowest BCUT2D eigenvalue weighted by Gasteiger charge is -2.14. The normalized spacial score (nSPS) is 22.7. The van der Waals surface area contributed by atoms with Gasteiger partial charge in [-0.25, -0.2) is 4.79 Å². The zero-order chi connectivity index (χ0) is 10.6. The smallest absolute Gasteiger partial charge is 0.432 e. The van der Waals surface area contributed by atoms with E-state index in [1.165, 1.54) is 0 Å². The molecule has 1 aliphatic heterocycles. The first-order valence-corrected chi connectivity index (χ1v) is 5.06. The van der Waals surface area contributed by atoms with E-state index in [2.05, 4.69) is 18.4 Å². The van der Waals surface area contributed by atoms with Crippen molar-refractivity contribution in [2.75, 3.05) is 13.1 Å². The van der Waals surface area contributed by atoms with Gasteiger partial charge in [0.15, 0.2) is 0 Å². The molecular formula is C10H18NO3. The van der Waals surface area contributed by atoms with E-state index in [0.717, 1.165) is 19.5 Å². The van der Waals surface area contributed by atoms with Crippen molar-refractivity contribution in [3.8, 4) is 0 Å². The van der Waals surface area contributed by atoms with Gasteiger partial charge in [-0.15, -0.1) is 0 Å². The van der Waals surface area contributed by atoms with Crippen LogP contribution in [0.5, 0.6) is 0 Å². The second-order valence-corrected chi connectivity index (χ2v) is 3.66. The minimum atomic E-state index is -0.559. The Morgan fingerprint density at radius 1 is 1.64 bits per heavy atom. The van der Waals surface area contributed by atoms with E-state index in [0.29, 0.717) is 0 Å². The van der Waals surface area contributed by atoms with Crippen LogP contribution in [0.1, 0.15) is 27.2 Å². The molecule has 1 rings (SSSR count). The molecule has 0 aliphatic carbocycles. The van der Waals surface area contributed by atoms with E-state index in [4.69, 9.17) is 9.47 Å². The maximum atomic E-state index is 11.1. The fourth-order valence-corrected chi connectivity index (χ4v) is 1.38. The molecule has 1 radical (unpaired) electrons. The number of carbonyl (C=O) groups excluding carboxylic acids is 1. The second-order valence-electron chi connectivity index (χ2n) is 3.66. The average molecular weight is 200 g/mol. The van der Waals surface area contributed by atoms with E-state index in [1.54, 1.807) is 13.8 Å². The quantitative estimate of drug-likeness (QED) is 0.651. The van der Waals surface area contributed by atoms with Gasteiger partial charge in [0, 0.05) is 19.5 Å². The summed E-state index contributed by atoms with van der Waals surface area (Å²) in [7, 11) is 0. The van der Waals surface area contributed by atoms with Crippen LogP contribution in [-0.4, -0.2) is 36.4 Å². The Morgan fingerprint density at radius 3 is 2.86 bits per heavy atom. The van der Waals surface area contributed by atoms with E-state index < -0.39 is 6.16 Å². The van der Waals surface area contributed by atoms with Crippen LogP contribution in [-0.2, 0) is 9.47 Å². The standard InChI is InChI=1S/C10H18NO3/c1-4-11-6-5-9(7-11)14-10(12)13-8(2)3/h6,8-9H,4-5,7H2,1-3H3. The maximum Gasteiger partial charge on any atom is 0.508 e. The lowest BCUT2D eigenvalue weighted by Crippen LogP contribution is -2.25. The van der Waals surface area contributed by atoms with Gasteiger partial charge in [0.2, 0.25) is 0 Å². The first-order chi connectivity index (χ1) is 6.61. The summed E-state index contributed by atoms with van der Waals surface area (Å²) < 4.78 is 10.0. The highest BCUT2D eigenvalue weighted by atomic mass is 16.7. The highest BCUT2D eigenvalue weighted by Gasteiger charge is 2.25. The van der Waals surface area contributed by atoms with Crippen LogP contribution in [0.15, 0.2) is 0 Å². The molecule has 0 saturated carbocycles. The van der Waals surface area contributed by atoms with Crippen molar-refractivity contribution in [3.63, 3.8) is 0 Å². The first-order valence-electron chi connectivity index (χ1n) is 5.06. The molecule has 14 heavy (non-hydrogen) atoms. The van der Waals surface area contributed by atoms with Crippen LogP contribution in [0.3, 0.4) is 0 Å². The van der Waals surface area contributed by atoms with Gasteiger partial charge in [-0.1, -0.05) is 6.92 Å². The summed E-state index contributed by atoms with van der Waals surface area (Å²) in [5, 5.41) is 0. The molecule has 4 nitrogen and oxygen atoms in total. The maximum absolute atomic E-state index is 11.1. The lowest BCUT2D eigenvalue weighted by atomic mass is 10.3.